The Morgan fingerprint density at radius 3 is 2.62 bits per heavy atom. The van der Waals surface area contributed by atoms with Crippen molar-refractivity contribution in [1.82, 2.24) is 0 Å². The number of rotatable bonds is 6. The van der Waals surface area contributed by atoms with Gasteiger partial charge in [-0.1, -0.05) is 0 Å². The summed E-state index contributed by atoms with van der Waals surface area (Å²) in [6, 6.07) is 1.33. The second kappa shape index (κ2) is 4.64. The number of nitrogens with two attached hydrogens (primary N) is 1. The van der Waals surface area contributed by atoms with E-state index in [2.05, 4.69) is 6.07 Å². The summed E-state index contributed by atoms with van der Waals surface area (Å²) in [5.41, 5.74) is 5.77. The van der Waals surface area contributed by atoms with Gasteiger partial charge in [-0.3, -0.25) is 4.79 Å². The van der Waals surface area contributed by atoms with Crippen molar-refractivity contribution in [2.45, 2.75) is 43.9 Å². The van der Waals surface area contributed by atoms with E-state index in [4.69, 9.17) is 16.1 Å². The van der Waals surface area contributed by atoms with Crippen LogP contribution in [0, 0.1) is 16.7 Å². The molecule has 1 rings (SSSR count). The molecular weight excluding hydrogens is 224 g/mol. The first-order valence-corrected chi connectivity index (χ1v) is 6.31. The molecule has 90 valence electrons. The first kappa shape index (κ1) is 13.3. The van der Waals surface area contributed by atoms with E-state index >= 15 is 0 Å². The first-order chi connectivity index (χ1) is 7.33. The van der Waals surface area contributed by atoms with E-state index < -0.39 is 16.8 Å². The predicted octanol–water partition coefficient (Wildman–Crippen LogP) is 1.60. The third-order valence-electron chi connectivity index (χ3n) is 3.18. The van der Waals surface area contributed by atoms with Crippen LogP contribution in [0.25, 0.3) is 0 Å². The smallest absolute Gasteiger partial charge is 0.321 e. The highest BCUT2D eigenvalue weighted by atomic mass is 32.2. The number of aliphatic carboxylic acids is 1. The molecule has 0 bridgehead atoms. The largest absolute Gasteiger partial charge is 0.480 e. The summed E-state index contributed by atoms with van der Waals surface area (Å²) in [6.45, 7) is 3.69. The third kappa shape index (κ3) is 3.13. The molecule has 5 heteroatoms. The first-order valence-electron chi connectivity index (χ1n) is 5.32. The van der Waals surface area contributed by atoms with E-state index in [0.29, 0.717) is 6.42 Å². The Bertz CT molecular complexity index is 318. The number of thioether (sulfide) groups is 1. The van der Waals surface area contributed by atoms with Crippen molar-refractivity contribution < 1.29 is 9.90 Å². The van der Waals surface area contributed by atoms with Crippen molar-refractivity contribution in [3.63, 3.8) is 0 Å². The van der Waals surface area contributed by atoms with Crippen LogP contribution >= 0.6 is 11.8 Å². The number of hydrogen-bond donors (Lipinski definition) is 2. The number of carboxylic acid groups (broad SMARTS) is 1. The van der Waals surface area contributed by atoms with Gasteiger partial charge in [-0.25, -0.2) is 0 Å². The van der Waals surface area contributed by atoms with Crippen molar-refractivity contribution in [1.29, 1.82) is 5.26 Å². The van der Waals surface area contributed by atoms with Gasteiger partial charge in [-0.15, -0.1) is 0 Å². The van der Waals surface area contributed by atoms with Crippen molar-refractivity contribution in [2.24, 2.45) is 11.1 Å². The van der Waals surface area contributed by atoms with Crippen LogP contribution < -0.4 is 5.73 Å². The zero-order chi connectivity index (χ0) is 12.4. The summed E-state index contributed by atoms with van der Waals surface area (Å²) in [5, 5.41) is 17.6. The van der Waals surface area contributed by atoms with Crippen molar-refractivity contribution in [2.75, 3.05) is 5.75 Å². The van der Waals surface area contributed by atoms with Crippen LogP contribution in [-0.2, 0) is 4.79 Å². The van der Waals surface area contributed by atoms with E-state index in [1.165, 1.54) is 0 Å². The molecule has 0 aromatic rings. The Labute approximate surface area is 100 Å². The van der Waals surface area contributed by atoms with Crippen LogP contribution in [0.3, 0.4) is 0 Å². The second-order valence-electron chi connectivity index (χ2n) is 5.04. The molecule has 1 atom stereocenters. The van der Waals surface area contributed by atoms with Crippen LogP contribution in [0.1, 0.15) is 33.1 Å². The molecule has 0 amide bonds. The topological polar surface area (TPSA) is 87.1 Å². The van der Waals surface area contributed by atoms with Crippen LogP contribution in [-0.4, -0.2) is 27.6 Å². The van der Waals surface area contributed by atoms with E-state index in [1.54, 1.807) is 11.8 Å². The van der Waals surface area contributed by atoms with Gasteiger partial charge < -0.3 is 10.8 Å². The average molecular weight is 242 g/mol. The van der Waals surface area contributed by atoms with E-state index in [-0.39, 0.29) is 5.41 Å². The maximum atomic E-state index is 10.8. The Morgan fingerprint density at radius 2 is 2.25 bits per heavy atom. The Morgan fingerprint density at radius 1 is 1.69 bits per heavy atom. The zero-order valence-electron chi connectivity index (χ0n) is 9.69. The Hall–Kier alpha value is -0.730. The summed E-state index contributed by atoms with van der Waals surface area (Å²) in [6.07, 6.45) is 2.72. The molecule has 1 saturated carbocycles. The monoisotopic (exact) mass is 242 g/mol. The van der Waals surface area contributed by atoms with Crippen LogP contribution in [0.15, 0.2) is 0 Å². The van der Waals surface area contributed by atoms with Crippen molar-refractivity contribution >= 4 is 17.7 Å². The second-order valence-corrected chi connectivity index (χ2v) is 6.67. The average Bonchev–Trinajstić information content (AvgIpc) is 2.95. The van der Waals surface area contributed by atoms with Gasteiger partial charge in [0.05, 0.1) is 6.07 Å². The lowest BCUT2D eigenvalue weighted by Gasteiger charge is -2.29. The predicted molar refractivity (Wildman–Crippen MR) is 64.0 cm³/mol. The van der Waals surface area contributed by atoms with Gasteiger partial charge in [0.1, 0.15) is 6.04 Å². The lowest BCUT2D eigenvalue weighted by molar-refractivity contribution is -0.139. The standard InChI is InChI=1S/C11H18N2O2S/c1-10(2,8(13)9(14)15)16-7-11(3-4-11)5-6-12/h8H,3-5,7,13H2,1-2H3,(H,14,15)/t8-/m1/s1. The van der Waals surface area contributed by atoms with Gasteiger partial charge in [0.15, 0.2) is 0 Å². The maximum absolute atomic E-state index is 10.8. The number of hydrogen-bond acceptors (Lipinski definition) is 4. The molecule has 0 spiro atoms. The minimum atomic E-state index is -0.970. The van der Waals surface area contributed by atoms with Gasteiger partial charge >= 0.3 is 5.97 Å². The fourth-order valence-electron chi connectivity index (χ4n) is 1.44. The van der Waals surface area contributed by atoms with Crippen molar-refractivity contribution in [3.8, 4) is 6.07 Å². The fraction of sp³-hybridized carbons (Fsp3) is 0.818. The van der Waals surface area contributed by atoms with Gasteiger partial charge in [0.25, 0.3) is 0 Å². The van der Waals surface area contributed by atoms with Crippen LogP contribution in [0.5, 0.6) is 0 Å². The third-order valence-corrected chi connectivity index (χ3v) is 4.93. The SMILES string of the molecule is CC(C)(SCC1(CC#N)CC1)[C@H](N)C(=O)O. The van der Waals surface area contributed by atoms with Crippen LogP contribution in [0.4, 0.5) is 0 Å². The lowest BCUT2D eigenvalue weighted by Crippen LogP contribution is -2.47. The van der Waals surface area contributed by atoms with E-state index in [9.17, 15) is 4.79 Å². The molecule has 4 nitrogen and oxygen atoms in total. The summed E-state index contributed by atoms with van der Waals surface area (Å²) >= 11 is 1.57. The zero-order valence-corrected chi connectivity index (χ0v) is 10.5. The molecule has 0 aromatic carbocycles. The summed E-state index contributed by atoms with van der Waals surface area (Å²) in [7, 11) is 0. The van der Waals surface area contributed by atoms with E-state index in [0.717, 1.165) is 18.6 Å². The van der Waals surface area contributed by atoms with Gasteiger partial charge in [-0.2, -0.15) is 17.0 Å². The normalized spacial score (nSPS) is 19.9. The molecule has 1 fully saturated rings. The number of nitrogens with zero attached hydrogens (tertiary/aromatic N) is 1. The molecule has 0 saturated heterocycles. The summed E-state index contributed by atoms with van der Waals surface area (Å²) < 4.78 is -0.489. The molecule has 3 N–H and O–H groups in total. The molecule has 16 heavy (non-hydrogen) atoms. The van der Waals surface area contributed by atoms with Crippen LogP contribution in [0.2, 0.25) is 0 Å². The molecule has 0 unspecified atom stereocenters. The minimum absolute atomic E-state index is 0.134. The summed E-state index contributed by atoms with van der Waals surface area (Å²) in [4.78, 5) is 10.8. The van der Waals surface area contributed by atoms with Crippen molar-refractivity contribution in [3.05, 3.63) is 0 Å². The molecule has 1 aliphatic carbocycles. The highest BCUT2D eigenvalue weighted by Gasteiger charge is 2.44. The molecule has 0 radical (unpaired) electrons. The quantitative estimate of drug-likeness (QED) is 0.738. The lowest BCUT2D eigenvalue weighted by atomic mass is 10.0. The fourth-order valence-corrected chi connectivity index (χ4v) is 2.79. The van der Waals surface area contributed by atoms with Gasteiger partial charge in [0.2, 0.25) is 0 Å². The summed E-state index contributed by atoms with van der Waals surface area (Å²) in [5.74, 6) is -0.142. The molecule has 1 aliphatic rings. The molecule has 0 aromatic heterocycles. The Kier molecular flexibility index (Phi) is 3.87. The molecule has 0 aliphatic heterocycles. The molecule has 0 heterocycles. The Balaban J connectivity index is 2.48. The number of nitriles is 1. The highest BCUT2D eigenvalue weighted by molar-refractivity contribution is 8.00. The highest BCUT2D eigenvalue weighted by Crippen LogP contribution is 2.52. The number of carboxylic acids is 1. The van der Waals surface area contributed by atoms with E-state index in [1.807, 2.05) is 13.8 Å². The maximum Gasteiger partial charge on any atom is 0.321 e. The van der Waals surface area contributed by atoms with Gasteiger partial charge in [-0.05, 0) is 32.1 Å². The van der Waals surface area contributed by atoms with Gasteiger partial charge in [0, 0.05) is 16.9 Å². The number of carbonyl (C=O) groups is 1. The molecular formula is C11H18N2O2S. The minimum Gasteiger partial charge on any atom is -0.480 e.